The first kappa shape index (κ1) is 15.1. The lowest BCUT2D eigenvalue weighted by Crippen LogP contribution is -1.99. The zero-order chi connectivity index (χ0) is 16.4. The molecule has 118 valence electrons. The summed E-state index contributed by atoms with van der Waals surface area (Å²) in [5.41, 5.74) is 4.25. The molecule has 5 heteroatoms. The van der Waals surface area contributed by atoms with Crippen LogP contribution in [0.2, 0.25) is 0 Å². The van der Waals surface area contributed by atoms with Crippen LogP contribution in [0.1, 0.15) is 11.1 Å². The van der Waals surface area contributed by atoms with Gasteiger partial charge >= 0.3 is 0 Å². The Morgan fingerprint density at radius 3 is 2.43 bits per heavy atom. The molecule has 5 nitrogen and oxygen atoms in total. The molecule has 0 aliphatic rings. The number of fused-ring (bicyclic) bond motifs is 1. The van der Waals surface area contributed by atoms with Crippen LogP contribution >= 0.6 is 0 Å². The molecule has 0 aliphatic carbocycles. The molecule has 0 aliphatic heterocycles. The lowest BCUT2D eigenvalue weighted by molar-refractivity contribution is 0.356. The maximum atomic E-state index is 5.38. The molecule has 0 amide bonds. The van der Waals surface area contributed by atoms with E-state index in [0.29, 0.717) is 11.5 Å². The second-order valence-electron chi connectivity index (χ2n) is 5.32. The van der Waals surface area contributed by atoms with E-state index in [1.807, 2.05) is 24.3 Å². The van der Waals surface area contributed by atoms with Gasteiger partial charge in [-0.3, -0.25) is 0 Å². The third kappa shape index (κ3) is 2.77. The largest absolute Gasteiger partial charge is 0.493 e. The topological polar surface area (TPSA) is 56.3 Å². The monoisotopic (exact) mass is 309 g/mol. The van der Waals surface area contributed by atoms with E-state index in [4.69, 9.17) is 9.47 Å². The zero-order valence-corrected chi connectivity index (χ0v) is 13.7. The van der Waals surface area contributed by atoms with Crippen LogP contribution in [0.4, 0.5) is 11.5 Å². The normalized spacial score (nSPS) is 10.6. The highest BCUT2D eigenvalue weighted by Gasteiger charge is 2.11. The van der Waals surface area contributed by atoms with Crippen LogP contribution in [-0.4, -0.2) is 24.2 Å². The van der Waals surface area contributed by atoms with Crippen LogP contribution in [0.15, 0.2) is 36.7 Å². The van der Waals surface area contributed by atoms with E-state index in [9.17, 15) is 0 Å². The summed E-state index contributed by atoms with van der Waals surface area (Å²) in [6.45, 7) is 4.18. The molecule has 0 unspecified atom stereocenters. The van der Waals surface area contributed by atoms with Crippen LogP contribution in [0, 0.1) is 13.8 Å². The van der Waals surface area contributed by atoms with E-state index in [1.165, 1.54) is 11.1 Å². The molecule has 0 spiro atoms. The van der Waals surface area contributed by atoms with E-state index in [2.05, 4.69) is 35.2 Å². The molecule has 3 aromatic rings. The summed E-state index contributed by atoms with van der Waals surface area (Å²) in [5, 5.41) is 4.28. The summed E-state index contributed by atoms with van der Waals surface area (Å²) in [5.74, 6) is 2.04. The molecule has 1 heterocycles. The van der Waals surface area contributed by atoms with Crippen LogP contribution < -0.4 is 14.8 Å². The van der Waals surface area contributed by atoms with Gasteiger partial charge in [0.2, 0.25) is 0 Å². The number of hydrogen-bond acceptors (Lipinski definition) is 5. The Morgan fingerprint density at radius 2 is 1.70 bits per heavy atom. The molecule has 0 atom stereocenters. The van der Waals surface area contributed by atoms with E-state index >= 15 is 0 Å². The highest BCUT2D eigenvalue weighted by Crippen LogP contribution is 2.34. The Kier molecular flexibility index (Phi) is 4.02. The number of anilines is 2. The van der Waals surface area contributed by atoms with Crippen LogP contribution in [0.5, 0.6) is 11.5 Å². The first-order valence-electron chi connectivity index (χ1n) is 7.34. The quantitative estimate of drug-likeness (QED) is 0.789. The fourth-order valence-corrected chi connectivity index (χ4v) is 2.50. The first-order valence-corrected chi connectivity index (χ1v) is 7.34. The van der Waals surface area contributed by atoms with Crippen LogP contribution in [-0.2, 0) is 0 Å². The van der Waals surface area contributed by atoms with Crippen molar-refractivity contribution in [3.63, 3.8) is 0 Å². The third-order valence-corrected chi connectivity index (χ3v) is 4.00. The molecule has 0 saturated carbocycles. The van der Waals surface area contributed by atoms with Gasteiger partial charge in [0.05, 0.1) is 19.7 Å². The Morgan fingerprint density at radius 1 is 0.957 bits per heavy atom. The number of rotatable bonds is 4. The highest BCUT2D eigenvalue weighted by atomic mass is 16.5. The van der Waals surface area contributed by atoms with Gasteiger partial charge < -0.3 is 14.8 Å². The number of hydrogen-bond donors (Lipinski definition) is 1. The maximum absolute atomic E-state index is 5.38. The number of aromatic nitrogens is 2. The Bertz CT molecular complexity index is 862. The Hall–Kier alpha value is -2.82. The predicted octanol–water partition coefficient (Wildman–Crippen LogP) is 4.01. The molecule has 1 aromatic heterocycles. The second-order valence-corrected chi connectivity index (χ2v) is 5.32. The van der Waals surface area contributed by atoms with Crippen molar-refractivity contribution >= 4 is 22.4 Å². The van der Waals surface area contributed by atoms with Crippen molar-refractivity contribution in [1.82, 2.24) is 9.97 Å². The van der Waals surface area contributed by atoms with E-state index < -0.39 is 0 Å². The van der Waals surface area contributed by atoms with Crippen molar-refractivity contribution in [2.24, 2.45) is 0 Å². The zero-order valence-electron chi connectivity index (χ0n) is 13.7. The molecule has 1 N–H and O–H groups in total. The number of nitrogens with zero attached hydrogens (tertiary/aromatic N) is 2. The molecule has 3 rings (SSSR count). The fourth-order valence-electron chi connectivity index (χ4n) is 2.50. The average Bonchev–Trinajstić information content (AvgIpc) is 2.58. The molecule has 0 fully saturated rings. The van der Waals surface area contributed by atoms with Crippen molar-refractivity contribution in [1.29, 1.82) is 0 Å². The van der Waals surface area contributed by atoms with Crippen LogP contribution in [0.3, 0.4) is 0 Å². The summed E-state index contributed by atoms with van der Waals surface area (Å²) >= 11 is 0. The number of nitrogens with one attached hydrogen (secondary N) is 1. The first-order chi connectivity index (χ1) is 11.1. The summed E-state index contributed by atoms with van der Waals surface area (Å²) in [6.07, 6.45) is 1.54. The van der Waals surface area contributed by atoms with Gasteiger partial charge in [-0.05, 0) is 37.1 Å². The molecule has 0 bridgehead atoms. The SMILES string of the molecule is COc1cc2ncnc(Nc3cccc(C)c3C)c2cc1OC. The molecular weight excluding hydrogens is 290 g/mol. The van der Waals surface area contributed by atoms with Crippen molar-refractivity contribution in [2.45, 2.75) is 13.8 Å². The Labute approximate surface area is 135 Å². The number of methoxy groups -OCH3 is 2. The number of ether oxygens (including phenoxy) is 2. The van der Waals surface area contributed by atoms with Gasteiger partial charge in [-0.2, -0.15) is 0 Å². The van der Waals surface area contributed by atoms with Crippen molar-refractivity contribution < 1.29 is 9.47 Å². The van der Waals surface area contributed by atoms with Gasteiger partial charge in [0, 0.05) is 17.1 Å². The molecule has 0 saturated heterocycles. The minimum Gasteiger partial charge on any atom is -0.493 e. The van der Waals surface area contributed by atoms with Gasteiger partial charge in [-0.15, -0.1) is 0 Å². The van der Waals surface area contributed by atoms with Crippen molar-refractivity contribution in [3.8, 4) is 11.5 Å². The van der Waals surface area contributed by atoms with E-state index in [-0.39, 0.29) is 0 Å². The van der Waals surface area contributed by atoms with E-state index in [0.717, 1.165) is 22.4 Å². The summed E-state index contributed by atoms with van der Waals surface area (Å²) in [4.78, 5) is 8.71. The summed E-state index contributed by atoms with van der Waals surface area (Å²) in [6, 6.07) is 9.90. The predicted molar refractivity (Wildman–Crippen MR) is 91.8 cm³/mol. The maximum Gasteiger partial charge on any atom is 0.162 e. The smallest absolute Gasteiger partial charge is 0.162 e. The minimum absolute atomic E-state index is 0.649. The summed E-state index contributed by atoms with van der Waals surface area (Å²) in [7, 11) is 3.23. The van der Waals surface area contributed by atoms with Crippen molar-refractivity contribution in [3.05, 3.63) is 47.8 Å². The lowest BCUT2D eigenvalue weighted by Gasteiger charge is -2.14. The number of aryl methyl sites for hydroxylation is 1. The van der Waals surface area contributed by atoms with Crippen molar-refractivity contribution in [2.75, 3.05) is 19.5 Å². The molecule has 23 heavy (non-hydrogen) atoms. The summed E-state index contributed by atoms with van der Waals surface area (Å²) < 4.78 is 10.7. The molecule has 2 aromatic carbocycles. The van der Waals surface area contributed by atoms with Gasteiger partial charge in [-0.25, -0.2) is 9.97 Å². The Balaban J connectivity index is 2.12. The highest BCUT2D eigenvalue weighted by molar-refractivity contribution is 5.93. The lowest BCUT2D eigenvalue weighted by atomic mass is 10.1. The van der Waals surface area contributed by atoms with E-state index in [1.54, 1.807) is 20.5 Å². The van der Waals surface area contributed by atoms with Gasteiger partial charge in [0.1, 0.15) is 12.1 Å². The fraction of sp³-hybridized carbons (Fsp3) is 0.222. The second kappa shape index (κ2) is 6.12. The van der Waals surface area contributed by atoms with Gasteiger partial charge in [-0.1, -0.05) is 12.1 Å². The third-order valence-electron chi connectivity index (χ3n) is 4.00. The minimum atomic E-state index is 0.649. The van der Waals surface area contributed by atoms with Gasteiger partial charge in [0.15, 0.2) is 11.5 Å². The number of benzene rings is 2. The standard InChI is InChI=1S/C18H19N3O2/c1-11-6-5-7-14(12(11)2)21-18-13-8-16(22-3)17(23-4)9-15(13)19-10-20-18/h5-10H,1-4H3,(H,19,20,21). The molecule has 0 radical (unpaired) electrons. The van der Waals surface area contributed by atoms with Crippen LogP contribution in [0.25, 0.3) is 10.9 Å². The molecular formula is C18H19N3O2. The van der Waals surface area contributed by atoms with Gasteiger partial charge in [0.25, 0.3) is 0 Å². The average molecular weight is 309 g/mol.